The third-order valence-electron chi connectivity index (χ3n) is 11.2. The number of aryl methyl sites for hydroxylation is 1. The van der Waals surface area contributed by atoms with E-state index in [0.717, 1.165) is 32.9 Å². The summed E-state index contributed by atoms with van der Waals surface area (Å²) in [5, 5.41) is 14.9. The third kappa shape index (κ3) is 4.73. The van der Waals surface area contributed by atoms with Crippen molar-refractivity contribution in [3.05, 3.63) is 182 Å². The van der Waals surface area contributed by atoms with Crippen LogP contribution in [0.2, 0.25) is 0 Å². The monoisotopic (exact) mass is 672 g/mol. The van der Waals surface area contributed by atoms with E-state index in [4.69, 9.17) is 4.98 Å². The summed E-state index contributed by atoms with van der Waals surface area (Å²) in [5.74, 6) is 0. The lowest BCUT2D eigenvalue weighted by Gasteiger charge is -2.16. The molecule has 0 spiro atoms. The molecule has 0 saturated carbocycles. The van der Waals surface area contributed by atoms with Crippen LogP contribution in [-0.2, 0) is 0 Å². The Morgan fingerprint density at radius 3 is 1.62 bits per heavy atom. The molecule has 2 heterocycles. The normalized spacial score (nSPS) is 11.9. The Morgan fingerprint density at radius 1 is 0.340 bits per heavy atom. The fourth-order valence-corrected chi connectivity index (χ4v) is 8.58. The molecule has 11 aromatic rings. The molecule has 0 aliphatic heterocycles. The first-order chi connectivity index (χ1) is 26.2. The molecule has 0 N–H and O–H groups in total. The van der Waals surface area contributed by atoms with Gasteiger partial charge in [-0.1, -0.05) is 133 Å². The molecular formula is C51H32N2. The van der Waals surface area contributed by atoms with Crippen molar-refractivity contribution in [3.8, 4) is 33.4 Å². The van der Waals surface area contributed by atoms with E-state index in [2.05, 4.69) is 170 Å². The van der Waals surface area contributed by atoms with Gasteiger partial charge < -0.3 is 0 Å². The largest absolute Gasteiger partial charge is 0.254 e. The van der Waals surface area contributed by atoms with Crippen LogP contribution >= 0.6 is 0 Å². The van der Waals surface area contributed by atoms with Gasteiger partial charge in [-0.15, -0.1) is 0 Å². The minimum absolute atomic E-state index is 0.939. The summed E-state index contributed by atoms with van der Waals surface area (Å²) >= 11 is 0. The molecule has 0 saturated heterocycles. The highest BCUT2D eigenvalue weighted by atomic mass is 14.7. The number of nitrogens with zero attached hydrogens (tertiary/aromatic N) is 2. The standard InChI is InChI=1S/C51H32N2/c1-31-6-2-7-32-13-14-34-9-4-12-46(49(34)47(31)32)45-11-3-8-33-15-21-41-28-39(23-24-44(41)48(33)45)37-17-18-38-27-40(20-19-36(38)26-37)43-29-42-22-16-35-10-5-25-52-50(35)51(42)53-30-43/h2-30H,1H3. The van der Waals surface area contributed by atoms with E-state index >= 15 is 0 Å². The van der Waals surface area contributed by atoms with E-state index < -0.39 is 0 Å². The van der Waals surface area contributed by atoms with Crippen LogP contribution in [0.15, 0.2) is 176 Å². The zero-order valence-electron chi connectivity index (χ0n) is 29.1. The first-order valence-electron chi connectivity index (χ1n) is 18.2. The average molecular weight is 673 g/mol. The summed E-state index contributed by atoms with van der Waals surface area (Å²) in [4.78, 5) is 9.44. The Balaban J connectivity index is 0.998. The topological polar surface area (TPSA) is 25.8 Å². The Kier molecular flexibility index (Phi) is 6.50. The van der Waals surface area contributed by atoms with Crippen molar-refractivity contribution in [1.29, 1.82) is 0 Å². The summed E-state index contributed by atoms with van der Waals surface area (Å²) < 4.78 is 0. The predicted octanol–water partition coefficient (Wildman–Crippen LogP) is 13.9. The van der Waals surface area contributed by atoms with E-state index in [-0.39, 0.29) is 0 Å². The predicted molar refractivity (Wildman–Crippen MR) is 226 cm³/mol. The van der Waals surface area contributed by atoms with Crippen LogP contribution < -0.4 is 0 Å². The maximum atomic E-state index is 4.85. The van der Waals surface area contributed by atoms with Crippen molar-refractivity contribution in [2.45, 2.75) is 6.92 Å². The number of hydrogen-bond donors (Lipinski definition) is 0. The molecule has 0 amide bonds. The third-order valence-corrected chi connectivity index (χ3v) is 11.2. The number of benzene rings is 9. The van der Waals surface area contributed by atoms with Gasteiger partial charge in [0, 0.05) is 28.7 Å². The van der Waals surface area contributed by atoms with Gasteiger partial charge in [-0.2, -0.15) is 0 Å². The molecule has 0 radical (unpaired) electrons. The number of hydrogen-bond acceptors (Lipinski definition) is 2. The number of aromatic nitrogens is 2. The van der Waals surface area contributed by atoms with Crippen LogP contribution in [0.4, 0.5) is 0 Å². The van der Waals surface area contributed by atoms with Gasteiger partial charge in [-0.25, -0.2) is 0 Å². The smallest absolute Gasteiger partial charge is 0.0964 e. The van der Waals surface area contributed by atoms with Crippen LogP contribution in [-0.4, -0.2) is 9.97 Å². The molecule has 53 heavy (non-hydrogen) atoms. The van der Waals surface area contributed by atoms with Gasteiger partial charge in [0.25, 0.3) is 0 Å². The SMILES string of the molecule is Cc1cccc2ccc3cccc(-c4cccc5ccc6cc(-c7ccc8cc(-c9cnc%10c(ccc%11cccnc%11%10)c9)ccc8c7)ccc6c45)c3c12. The Labute approximate surface area is 306 Å². The molecule has 0 aliphatic carbocycles. The minimum atomic E-state index is 0.939. The quantitative estimate of drug-likeness (QED) is 0.175. The van der Waals surface area contributed by atoms with Crippen LogP contribution in [0.25, 0.3) is 109 Å². The Hall–Kier alpha value is -6.90. The molecule has 2 heteroatoms. The second-order valence-electron chi connectivity index (χ2n) is 14.3. The summed E-state index contributed by atoms with van der Waals surface area (Å²) in [6.45, 7) is 2.23. The summed E-state index contributed by atoms with van der Waals surface area (Å²) in [7, 11) is 0. The minimum Gasteiger partial charge on any atom is -0.254 e. The molecule has 9 aromatic carbocycles. The summed E-state index contributed by atoms with van der Waals surface area (Å²) in [5.41, 5.74) is 10.4. The summed E-state index contributed by atoms with van der Waals surface area (Å²) in [6.07, 6.45) is 3.81. The van der Waals surface area contributed by atoms with Gasteiger partial charge in [-0.3, -0.25) is 9.97 Å². The van der Waals surface area contributed by atoms with Gasteiger partial charge in [0.2, 0.25) is 0 Å². The highest BCUT2D eigenvalue weighted by Gasteiger charge is 2.15. The fraction of sp³-hybridized carbons (Fsp3) is 0.0196. The van der Waals surface area contributed by atoms with Crippen molar-refractivity contribution >= 4 is 75.7 Å². The highest BCUT2D eigenvalue weighted by Crippen LogP contribution is 2.42. The highest BCUT2D eigenvalue weighted by molar-refractivity contribution is 6.21. The van der Waals surface area contributed by atoms with Gasteiger partial charge in [-0.05, 0) is 124 Å². The molecule has 0 bridgehead atoms. The number of pyridine rings is 2. The summed E-state index contributed by atoms with van der Waals surface area (Å²) in [6, 6.07) is 60.2. The van der Waals surface area contributed by atoms with E-state index in [9.17, 15) is 0 Å². The molecule has 0 atom stereocenters. The maximum Gasteiger partial charge on any atom is 0.0964 e. The molecule has 11 rings (SSSR count). The lowest BCUT2D eigenvalue weighted by molar-refractivity contribution is 1.37. The van der Waals surface area contributed by atoms with Crippen molar-refractivity contribution in [2.24, 2.45) is 0 Å². The van der Waals surface area contributed by atoms with Crippen molar-refractivity contribution in [3.63, 3.8) is 0 Å². The first-order valence-corrected chi connectivity index (χ1v) is 18.2. The second kappa shape index (κ2) is 11.6. The molecule has 0 aliphatic rings. The van der Waals surface area contributed by atoms with E-state index in [1.165, 1.54) is 81.7 Å². The first kappa shape index (κ1) is 29.8. The Bertz CT molecular complexity index is 3300. The van der Waals surface area contributed by atoms with Crippen LogP contribution in [0.5, 0.6) is 0 Å². The lowest BCUT2D eigenvalue weighted by atomic mass is 9.88. The fourth-order valence-electron chi connectivity index (χ4n) is 8.58. The molecule has 0 unspecified atom stereocenters. The zero-order chi connectivity index (χ0) is 35.0. The molecular weight excluding hydrogens is 641 g/mol. The van der Waals surface area contributed by atoms with Gasteiger partial charge in [0.1, 0.15) is 0 Å². The van der Waals surface area contributed by atoms with Crippen molar-refractivity contribution in [2.75, 3.05) is 0 Å². The zero-order valence-corrected chi connectivity index (χ0v) is 29.1. The van der Waals surface area contributed by atoms with E-state index in [1.807, 2.05) is 18.5 Å². The Morgan fingerprint density at radius 2 is 0.849 bits per heavy atom. The van der Waals surface area contributed by atoms with Gasteiger partial charge in [0.15, 0.2) is 0 Å². The van der Waals surface area contributed by atoms with Crippen LogP contribution in [0, 0.1) is 6.92 Å². The number of fused-ring (bicyclic) bond motifs is 10. The average Bonchev–Trinajstić information content (AvgIpc) is 3.22. The molecule has 246 valence electrons. The number of rotatable bonds is 3. The van der Waals surface area contributed by atoms with Crippen LogP contribution in [0.3, 0.4) is 0 Å². The molecule has 2 aromatic heterocycles. The van der Waals surface area contributed by atoms with Crippen molar-refractivity contribution in [1.82, 2.24) is 9.97 Å². The maximum absolute atomic E-state index is 4.85. The van der Waals surface area contributed by atoms with E-state index in [0.29, 0.717) is 0 Å². The molecule has 0 fully saturated rings. The lowest BCUT2D eigenvalue weighted by Crippen LogP contribution is -1.89. The van der Waals surface area contributed by atoms with E-state index in [1.54, 1.807) is 0 Å². The second-order valence-corrected chi connectivity index (χ2v) is 14.3. The van der Waals surface area contributed by atoms with Gasteiger partial charge in [0.05, 0.1) is 11.0 Å². The van der Waals surface area contributed by atoms with Crippen molar-refractivity contribution < 1.29 is 0 Å². The molecule has 2 nitrogen and oxygen atoms in total. The van der Waals surface area contributed by atoms with Crippen LogP contribution in [0.1, 0.15) is 5.56 Å². The van der Waals surface area contributed by atoms with Gasteiger partial charge >= 0.3 is 0 Å².